The van der Waals surface area contributed by atoms with Gasteiger partial charge in [0.2, 0.25) is 0 Å². The molecule has 8 heteroatoms. The molecule has 1 amide bonds. The van der Waals surface area contributed by atoms with E-state index in [1.807, 2.05) is 31.2 Å². The Morgan fingerprint density at radius 3 is 2.66 bits per heavy atom. The van der Waals surface area contributed by atoms with Crippen molar-refractivity contribution in [1.29, 1.82) is 0 Å². The first-order chi connectivity index (χ1) is 14.0. The average Bonchev–Trinajstić information content (AvgIpc) is 3.13. The Morgan fingerprint density at radius 1 is 1.24 bits per heavy atom. The number of nitrogens with one attached hydrogen (secondary N) is 1. The number of carbonyl (C=O) groups excluding carboxylic acids is 1. The second kappa shape index (κ2) is 9.18. The first kappa shape index (κ1) is 20.3. The predicted octanol–water partition coefficient (Wildman–Crippen LogP) is 3.00. The van der Waals surface area contributed by atoms with Crippen LogP contribution in [0.4, 0.5) is 5.82 Å². The molecule has 0 atom stereocenters. The van der Waals surface area contributed by atoms with E-state index in [2.05, 4.69) is 15.5 Å². The second-order valence-electron chi connectivity index (χ2n) is 6.69. The van der Waals surface area contributed by atoms with E-state index in [0.29, 0.717) is 36.5 Å². The molecule has 0 radical (unpaired) electrons. The van der Waals surface area contributed by atoms with E-state index in [4.69, 9.17) is 9.15 Å². The minimum atomic E-state index is -0.659. The second-order valence-corrected chi connectivity index (χ2v) is 6.69. The van der Waals surface area contributed by atoms with Gasteiger partial charge in [-0.2, -0.15) is 9.90 Å². The molecule has 1 aromatic carbocycles. The van der Waals surface area contributed by atoms with Crippen LogP contribution in [-0.4, -0.2) is 28.0 Å². The highest BCUT2D eigenvalue weighted by Gasteiger charge is 2.18. The number of hydrogen-bond donors (Lipinski definition) is 1. The summed E-state index contributed by atoms with van der Waals surface area (Å²) in [6, 6.07) is 9.45. The number of aromatic nitrogens is 3. The lowest BCUT2D eigenvalue weighted by Crippen LogP contribution is -2.23. The summed E-state index contributed by atoms with van der Waals surface area (Å²) in [6.07, 6.45) is 3.59. The number of anilines is 1. The molecular weight excluding hydrogens is 372 g/mol. The minimum Gasteiger partial charge on any atom is -0.497 e. The summed E-state index contributed by atoms with van der Waals surface area (Å²) in [5, 5.41) is 10.8. The molecular formula is C21H24N4O4. The van der Waals surface area contributed by atoms with Gasteiger partial charge in [0.25, 0.3) is 5.91 Å². The van der Waals surface area contributed by atoms with Gasteiger partial charge in [-0.3, -0.25) is 4.79 Å². The Balaban J connectivity index is 1.69. The van der Waals surface area contributed by atoms with Crippen molar-refractivity contribution in [1.82, 2.24) is 15.0 Å². The van der Waals surface area contributed by atoms with E-state index in [0.717, 1.165) is 17.7 Å². The molecule has 0 saturated carbocycles. The number of rotatable bonds is 8. The fourth-order valence-corrected chi connectivity index (χ4v) is 2.97. The molecule has 8 nitrogen and oxygen atoms in total. The predicted molar refractivity (Wildman–Crippen MR) is 108 cm³/mol. The lowest BCUT2D eigenvalue weighted by atomic mass is 10.1. The summed E-state index contributed by atoms with van der Waals surface area (Å²) >= 11 is 0. The third-order valence-electron chi connectivity index (χ3n) is 4.45. The SMILES string of the molecule is CCCn1ncc(NC(=O)c2c(C)cc(CCc3ccc(OC)cc3)oc2=O)n1. The zero-order valence-electron chi connectivity index (χ0n) is 16.8. The highest BCUT2D eigenvalue weighted by Crippen LogP contribution is 2.15. The van der Waals surface area contributed by atoms with Crippen molar-refractivity contribution >= 4 is 11.7 Å². The fraction of sp³-hybridized carbons (Fsp3) is 0.333. The maximum absolute atomic E-state index is 12.5. The lowest BCUT2D eigenvalue weighted by molar-refractivity contribution is 0.102. The quantitative estimate of drug-likeness (QED) is 0.628. The van der Waals surface area contributed by atoms with Gasteiger partial charge in [0.1, 0.15) is 17.1 Å². The number of methoxy groups -OCH3 is 1. The average molecular weight is 396 g/mol. The maximum Gasteiger partial charge on any atom is 0.349 e. The third kappa shape index (κ3) is 5.10. The molecule has 3 aromatic rings. The van der Waals surface area contributed by atoms with Crippen LogP contribution in [0.1, 0.15) is 40.6 Å². The molecule has 0 saturated heterocycles. The van der Waals surface area contributed by atoms with Gasteiger partial charge in [-0.05, 0) is 49.1 Å². The highest BCUT2D eigenvalue weighted by molar-refractivity contribution is 6.04. The van der Waals surface area contributed by atoms with Crippen LogP contribution in [0.2, 0.25) is 0 Å². The largest absolute Gasteiger partial charge is 0.497 e. The zero-order chi connectivity index (χ0) is 20.8. The van der Waals surface area contributed by atoms with Gasteiger partial charge in [-0.1, -0.05) is 19.1 Å². The number of hydrogen-bond acceptors (Lipinski definition) is 6. The monoisotopic (exact) mass is 396 g/mol. The molecule has 0 unspecified atom stereocenters. The molecule has 2 heterocycles. The van der Waals surface area contributed by atoms with E-state index in [9.17, 15) is 9.59 Å². The third-order valence-corrected chi connectivity index (χ3v) is 4.45. The fourth-order valence-electron chi connectivity index (χ4n) is 2.97. The normalized spacial score (nSPS) is 10.7. The molecule has 0 aliphatic rings. The van der Waals surface area contributed by atoms with Gasteiger partial charge in [-0.25, -0.2) is 4.79 Å². The highest BCUT2D eigenvalue weighted by atomic mass is 16.5. The lowest BCUT2D eigenvalue weighted by Gasteiger charge is -2.07. The Labute approximate surface area is 168 Å². The van der Waals surface area contributed by atoms with Crippen molar-refractivity contribution in [2.45, 2.75) is 39.7 Å². The van der Waals surface area contributed by atoms with Crippen LogP contribution in [0.15, 0.2) is 45.7 Å². The molecule has 0 aliphatic heterocycles. The van der Waals surface area contributed by atoms with Gasteiger partial charge >= 0.3 is 5.63 Å². The van der Waals surface area contributed by atoms with Crippen LogP contribution in [0.3, 0.4) is 0 Å². The molecule has 3 rings (SSSR count). The van der Waals surface area contributed by atoms with Crippen molar-refractivity contribution in [2.24, 2.45) is 0 Å². The summed E-state index contributed by atoms with van der Waals surface area (Å²) in [5.74, 6) is 1.07. The first-order valence-electron chi connectivity index (χ1n) is 9.48. The molecule has 152 valence electrons. The van der Waals surface area contributed by atoms with Crippen LogP contribution in [0, 0.1) is 6.92 Å². The Hall–Kier alpha value is -3.42. The van der Waals surface area contributed by atoms with Crippen LogP contribution < -0.4 is 15.7 Å². The van der Waals surface area contributed by atoms with E-state index < -0.39 is 11.5 Å². The molecule has 0 fully saturated rings. The van der Waals surface area contributed by atoms with Crippen molar-refractivity contribution in [3.63, 3.8) is 0 Å². The van der Waals surface area contributed by atoms with Crippen molar-refractivity contribution in [3.8, 4) is 5.75 Å². The van der Waals surface area contributed by atoms with Gasteiger partial charge in [-0.15, -0.1) is 5.10 Å². The van der Waals surface area contributed by atoms with Crippen molar-refractivity contribution < 1.29 is 13.9 Å². The van der Waals surface area contributed by atoms with Crippen LogP contribution in [0.5, 0.6) is 5.75 Å². The van der Waals surface area contributed by atoms with Gasteiger partial charge < -0.3 is 14.5 Å². The van der Waals surface area contributed by atoms with Crippen molar-refractivity contribution in [2.75, 3.05) is 12.4 Å². The molecule has 0 aliphatic carbocycles. The van der Waals surface area contributed by atoms with E-state index in [-0.39, 0.29) is 5.56 Å². The van der Waals surface area contributed by atoms with Gasteiger partial charge in [0.15, 0.2) is 5.82 Å². The standard InChI is InChI=1S/C21H24N4O4/c1-4-11-25-22-13-18(24-25)23-20(26)19-14(2)12-17(29-21(19)27)10-7-15-5-8-16(28-3)9-6-15/h5-6,8-9,12-13H,4,7,10-11H2,1-3H3,(H,23,24,26). The molecule has 1 N–H and O–H groups in total. The summed E-state index contributed by atoms with van der Waals surface area (Å²) in [7, 11) is 1.62. The van der Waals surface area contributed by atoms with Crippen molar-refractivity contribution in [3.05, 3.63) is 69.4 Å². The van der Waals surface area contributed by atoms with Crippen LogP contribution in [-0.2, 0) is 19.4 Å². The number of ether oxygens (including phenoxy) is 1. The molecule has 0 bridgehead atoms. The Morgan fingerprint density at radius 2 is 2.00 bits per heavy atom. The summed E-state index contributed by atoms with van der Waals surface area (Å²) < 4.78 is 10.5. The maximum atomic E-state index is 12.5. The summed E-state index contributed by atoms with van der Waals surface area (Å²) in [4.78, 5) is 26.4. The minimum absolute atomic E-state index is 0.0248. The smallest absolute Gasteiger partial charge is 0.349 e. The number of aryl methyl sites for hydroxylation is 4. The van der Waals surface area contributed by atoms with Crippen LogP contribution >= 0.6 is 0 Å². The number of amides is 1. The number of benzene rings is 1. The number of carbonyl (C=O) groups is 1. The van der Waals surface area contributed by atoms with Crippen LogP contribution in [0.25, 0.3) is 0 Å². The summed E-state index contributed by atoms with van der Waals surface area (Å²) in [6.45, 7) is 4.38. The number of nitrogens with zero attached hydrogens (tertiary/aromatic N) is 3. The van der Waals surface area contributed by atoms with E-state index in [1.165, 1.54) is 11.0 Å². The Bertz CT molecular complexity index is 1040. The zero-order valence-corrected chi connectivity index (χ0v) is 16.8. The first-order valence-corrected chi connectivity index (χ1v) is 9.48. The Kier molecular flexibility index (Phi) is 6.43. The van der Waals surface area contributed by atoms with Gasteiger partial charge in [0.05, 0.1) is 19.9 Å². The van der Waals surface area contributed by atoms with E-state index in [1.54, 1.807) is 20.1 Å². The molecule has 29 heavy (non-hydrogen) atoms. The van der Waals surface area contributed by atoms with E-state index >= 15 is 0 Å². The molecule has 0 spiro atoms. The van der Waals surface area contributed by atoms with Gasteiger partial charge in [0, 0.05) is 6.42 Å². The molecule has 2 aromatic heterocycles. The topological polar surface area (TPSA) is 99.3 Å². The summed E-state index contributed by atoms with van der Waals surface area (Å²) in [5.41, 5.74) is 0.976.